The predicted octanol–water partition coefficient (Wildman–Crippen LogP) is 1.65. The van der Waals surface area contributed by atoms with E-state index in [0.717, 1.165) is 0 Å². The summed E-state index contributed by atoms with van der Waals surface area (Å²) >= 11 is 0. The molecule has 10 nitrogen and oxygen atoms in total. The highest BCUT2D eigenvalue weighted by Gasteiger charge is 2.56. The van der Waals surface area contributed by atoms with Crippen LogP contribution in [0.25, 0.3) is 10.8 Å². The zero-order valence-corrected chi connectivity index (χ0v) is 23.2. The number of Topliss-reactive ketones (excluding diaryl/α,β-unsaturated/α-hetero) is 1. The summed E-state index contributed by atoms with van der Waals surface area (Å²) in [4.78, 5) is 13.2. The van der Waals surface area contributed by atoms with Gasteiger partial charge in [-0.3, -0.25) is 4.79 Å². The first kappa shape index (κ1) is 28.5. The number of carbonyl (C=O) groups excluding carboxylic acids is 1. The molecule has 2 aromatic rings. The Kier molecular flexibility index (Phi) is 8.11. The number of hydrogen-bond acceptors (Lipinski definition) is 12. The largest absolute Gasteiger partial charge is 0.506 e. The second kappa shape index (κ2) is 11.1. The van der Waals surface area contributed by atoms with E-state index in [1.165, 1.54) is 40.8 Å². The molecule has 0 aromatic heterocycles. The molecule has 212 valence electrons. The summed E-state index contributed by atoms with van der Waals surface area (Å²) < 4.78 is 17.5. The molecule has 1 aliphatic carbocycles. The van der Waals surface area contributed by atoms with Crippen LogP contribution in [0.2, 0.25) is 0 Å². The maximum atomic E-state index is 13.2. The molecule has 8 atom stereocenters. The molecular formula is C27H33NO9S2. The number of aliphatic hydroxyl groups excluding tert-OH is 3. The molecule has 1 saturated heterocycles. The minimum atomic E-state index is -1.73. The molecule has 12 heteroatoms. The third kappa shape index (κ3) is 5.13. The standard InChI is InChI=1S/C27H33NO9S2/c1-12-7-13-8-16(35-2)10-18-20(13)21(30)19(12)17(29)4-6-38-39-11-14-9-15(28)3-5-27(14,34)25-23(32)22(31)24(33)26(36-18)37-25/h3,5,7-8,10,14-15,22-26,30-34H,4,6,9,11,28H2,1-2H3/t14-,15-,22+,23+,24-,25+,26+,27+/m1/s1. The molecule has 3 aliphatic rings. The Morgan fingerprint density at radius 2 is 1.90 bits per heavy atom. The summed E-state index contributed by atoms with van der Waals surface area (Å²) in [6.07, 6.45) is -4.27. The van der Waals surface area contributed by atoms with Crippen molar-refractivity contribution >= 4 is 38.1 Å². The number of fused-ring (bicyclic) bond motifs is 5. The molecule has 2 aliphatic heterocycles. The van der Waals surface area contributed by atoms with Crippen molar-refractivity contribution in [1.82, 2.24) is 0 Å². The van der Waals surface area contributed by atoms with Crippen LogP contribution in [0.3, 0.4) is 0 Å². The number of rotatable bonds is 1. The fourth-order valence-corrected chi connectivity index (χ4v) is 8.03. The molecular weight excluding hydrogens is 546 g/mol. The maximum Gasteiger partial charge on any atom is 0.229 e. The Morgan fingerprint density at radius 1 is 1.13 bits per heavy atom. The van der Waals surface area contributed by atoms with Crippen LogP contribution in [0, 0.1) is 12.8 Å². The van der Waals surface area contributed by atoms with Crippen LogP contribution in [0.4, 0.5) is 0 Å². The average molecular weight is 580 g/mol. The SMILES string of the molecule is COc1cc2c3c(O)c(c(C)cc3c1)C(=O)CCSSC[C@H]1C[C@H](N)C=C[C@@]1(O)[C@H]1O[C@H](O2)[C@H](O)[C@@H](O)[C@@H]1O. The fourth-order valence-electron chi connectivity index (χ4n) is 5.60. The van der Waals surface area contributed by atoms with E-state index in [2.05, 4.69) is 0 Å². The van der Waals surface area contributed by atoms with Crippen molar-refractivity contribution in [2.45, 2.75) is 62.1 Å². The van der Waals surface area contributed by atoms with Gasteiger partial charge in [0.05, 0.1) is 18.1 Å². The lowest BCUT2D eigenvalue weighted by Gasteiger charge is -2.49. The van der Waals surface area contributed by atoms with E-state index in [9.17, 15) is 30.3 Å². The number of aryl methyl sites for hydroxylation is 1. The van der Waals surface area contributed by atoms with Gasteiger partial charge in [0.1, 0.15) is 47.3 Å². The highest BCUT2D eigenvalue weighted by atomic mass is 33.1. The quantitative estimate of drug-likeness (QED) is 0.213. The summed E-state index contributed by atoms with van der Waals surface area (Å²) in [5.74, 6) is 0.315. The summed E-state index contributed by atoms with van der Waals surface area (Å²) in [5, 5.41) is 56.5. The summed E-state index contributed by atoms with van der Waals surface area (Å²) in [5.41, 5.74) is 5.18. The number of nitrogens with two attached hydrogens (primary N) is 1. The van der Waals surface area contributed by atoms with Gasteiger partial charge in [0.25, 0.3) is 0 Å². The van der Waals surface area contributed by atoms with Crippen molar-refractivity contribution in [3.63, 3.8) is 0 Å². The highest BCUT2D eigenvalue weighted by Crippen LogP contribution is 2.45. The van der Waals surface area contributed by atoms with E-state index >= 15 is 0 Å². The number of methoxy groups -OCH3 is 1. The number of ketones is 1. The zero-order chi connectivity index (χ0) is 28.1. The van der Waals surface area contributed by atoms with Gasteiger partial charge >= 0.3 is 0 Å². The first-order valence-electron chi connectivity index (χ1n) is 12.7. The molecule has 2 aromatic carbocycles. The molecule has 39 heavy (non-hydrogen) atoms. The minimum Gasteiger partial charge on any atom is -0.506 e. The van der Waals surface area contributed by atoms with Crippen LogP contribution in [0.15, 0.2) is 30.4 Å². The van der Waals surface area contributed by atoms with Gasteiger partial charge in [-0.25, -0.2) is 0 Å². The first-order valence-corrected chi connectivity index (χ1v) is 15.2. The molecule has 0 unspecified atom stereocenters. The van der Waals surface area contributed by atoms with Gasteiger partial charge in [-0.1, -0.05) is 39.8 Å². The molecule has 0 saturated carbocycles. The van der Waals surface area contributed by atoms with Crippen molar-refractivity contribution < 1.29 is 44.5 Å². The topological polar surface area (TPSA) is 172 Å². The molecule has 0 amide bonds. The van der Waals surface area contributed by atoms with Crippen LogP contribution >= 0.6 is 21.6 Å². The van der Waals surface area contributed by atoms with Gasteiger partial charge in [-0.15, -0.1) is 0 Å². The van der Waals surface area contributed by atoms with Gasteiger partial charge in [-0.2, -0.15) is 0 Å². The lowest BCUT2D eigenvalue weighted by molar-refractivity contribution is -0.304. The van der Waals surface area contributed by atoms with Gasteiger partial charge in [0.15, 0.2) is 5.78 Å². The molecule has 2 heterocycles. The Bertz CT molecular complexity index is 1290. The van der Waals surface area contributed by atoms with E-state index in [1.807, 2.05) is 0 Å². The number of hydrogen-bond donors (Lipinski definition) is 6. The molecule has 4 bridgehead atoms. The number of aliphatic hydroxyl groups is 4. The van der Waals surface area contributed by atoms with E-state index in [-0.39, 0.29) is 40.7 Å². The average Bonchev–Trinajstić information content (AvgIpc) is 2.89. The second-order valence-electron chi connectivity index (χ2n) is 10.3. The van der Waals surface area contributed by atoms with Crippen molar-refractivity contribution in [2.24, 2.45) is 11.7 Å². The summed E-state index contributed by atoms with van der Waals surface area (Å²) in [6, 6.07) is 4.57. The number of ether oxygens (including phenoxy) is 3. The van der Waals surface area contributed by atoms with E-state index < -0.39 is 42.2 Å². The minimum absolute atomic E-state index is 0.0315. The lowest BCUT2D eigenvalue weighted by Crippen LogP contribution is -2.67. The summed E-state index contributed by atoms with van der Waals surface area (Å²) in [7, 11) is 4.37. The second-order valence-corrected chi connectivity index (χ2v) is 12.9. The van der Waals surface area contributed by atoms with Crippen LogP contribution in [-0.4, -0.2) is 92.3 Å². The van der Waals surface area contributed by atoms with E-state index in [0.29, 0.717) is 34.6 Å². The molecule has 0 spiro atoms. The van der Waals surface area contributed by atoms with Crippen molar-refractivity contribution in [3.8, 4) is 17.2 Å². The lowest BCUT2D eigenvalue weighted by atomic mass is 9.72. The van der Waals surface area contributed by atoms with Gasteiger partial charge < -0.3 is 45.5 Å². The third-order valence-electron chi connectivity index (χ3n) is 7.72. The Balaban J connectivity index is 1.66. The van der Waals surface area contributed by atoms with Crippen LogP contribution < -0.4 is 15.2 Å². The van der Waals surface area contributed by atoms with Crippen molar-refractivity contribution in [3.05, 3.63) is 41.5 Å². The fraction of sp³-hybridized carbons (Fsp3) is 0.519. The Labute approximate surface area is 233 Å². The van der Waals surface area contributed by atoms with E-state index in [4.69, 9.17) is 19.9 Å². The number of phenolic OH excluding ortho intramolecular Hbond substituents is 1. The normalized spacial score (nSPS) is 35.5. The number of benzene rings is 2. The number of carbonyl (C=O) groups is 1. The van der Waals surface area contributed by atoms with Gasteiger partial charge in [-0.05, 0) is 30.4 Å². The Hall–Kier alpha value is -2.03. The third-order valence-corrected chi connectivity index (χ3v) is 10.2. The van der Waals surface area contributed by atoms with Crippen molar-refractivity contribution in [2.75, 3.05) is 18.6 Å². The maximum absolute atomic E-state index is 13.2. The van der Waals surface area contributed by atoms with Gasteiger partial charge in [0.2, 0.25) is 6.29 Å². The predicted molar refractivity (Wildman–Crippen MR) is 148 cm³/mol. The molecule has 0 radical (unpaired) electrons. The molecule has 1 fully saturated rings. The molecule has 7 N–H and O–H groups in total. The molecule has 5 rings (SSSR count). The zero-order valence-electron chi connectivity index (χ0n) is 21.5. The summed E-state index contributed by atoms with van der Waals surface area (Å²) in [6.45, 7) is 1.74. The smallest absolute Gasteiger partial charge is 0.229 e. The number of phenols is 1. The Morgan fingerprint density at radius 3 is 2.64 bits per heavy atom. The van der Waals surface area contributed by atoms with Crippen LogP contribution in [-0.2, 0) is 4.74 Å². The van der Waals surface area contributed by atoms with E-state index in [1.54, 1.807) is 25.1 Å². The van der Waals surface area contributed by atoms with Crippen molar-refractivity contribution in [1.29, 1.82) is 0 Å². The number of aromatic hydroxyl groups is 1. The van der Waals surface area contributed by atoms with Crippen LogP contribution in [0.1, 0.15) is 28.8 Å². The first-order chi connectivity index (χ1) is 18.5. The monoisotopic (exact) mass is 579 g/mol. The highest BCUT2D eigenvalue weighted by molar-refractivity contribution is 8.76. The van der Waals surface area contributed by atoms with Crippen LogP contribution in [0.5, 0.6) is 17.2 Å². The van der Waals surface area contributed by atoms with Gasteiger partial charge in [0, 0.05) is 36.0 Å².